The first kappa shape index (κ1) is 21.0. The summed E-state index contributed by atoms with van der Waals surface area (Å²) < 4.78 is 17.3. The van der Waals surface area contributed by atoms with Crippen LogP contribution in [0.2, 0.25) is 0 Å². The van der Waals surface area contributed by atoms with Crippen molar-refractivity contribution in [3.8, 4) is 11.5 Å². The number of hydrogen-bond acceptors (Lipinski definition) is 8. The second-order valence-corrected chi connectivity index (χ2v) is 6.60. The highest BCUT2D eigenvalue weighted by Crippen LogP contribution is 2.29. The zero-order chi connectivity index (χ0) is 21.8. The highest BCUT2D eigenvalue weighted by molar-refractivity contribution is 5.95. The van der Waals surface area contributed by atoms with E-state index in [1.165, 1.54) is 27.5 Å². The van der Waals surface area contributed by atoms with Gasteiger partial charge in [-0.15, -0.1) is 0 Å². The molecule has 0 saturated heterocycles. The summed E-state index contributed by atoms with van der Waals surface area (Å²) in [4.78, 5) is 33.2. The quantitative estimate of drug-likeness (QED) is 0.584. The summed E-state index contributed by atoms with van der Waals surface area (Å²) in [7, 11) is 3.03. The molecule has 0 radical (unpaired) electrons. The van der Waals surface area contributed by atoms with Crippen LogP contribution in [0.1, 0.15) is 23.9 Å². The monoisotopic (exact) mass is 413 g/mol. The summed E-state index contributed by atoms with van der Waals surface area (Å²) in [6.07, 6.45) is 0.376. The van der Waals surface area contributed by atoms with Crippen molar-refractivity contribution < 1.29 is 23.8 Å². The van der Waals surface area contributed by atoms with Crippen LogP contribution in [0.4, 0.5) is 5.69 Å². The summed E-state index contributed by atoms with van der Waals surface area (Å²) in [5.41, 5.74) is 2.58. The average molecular weight is 413 g/mol. The lowest BCUT2D eigenvalue weighted by Crippen LogP contribution is -2.30. The zero-order valence-corrected chi connectivity index (χ0v) is 17.4. The number of rotatable bonds is 7. The molecule has 0 unspecified atom stereocenters. The number of amides is 1. The fraction of sp³-hybridized carbons (Fsp3) is 0.350. The number of nitrogens with one attached hydrogen (secondary N) is 1. The Hall–Kier alpha value is -3.69. The van der Waals surface area contributed by atoms with Crippen molar-refractivity contribution in [2.45, 2.75) is 33.3 Å². The van der Waals surface area contributed by atoms with Crippen LogP contribution in [0.5, 0.6) is 11.5 Å². The van der Waals surface area contributed by atoms with Crippen molar-refractivity contribution in [2.75, 3.05) is 19.5 Å². The van der Waals surface area contributed by atoms with Gasteiger partial charge in [0.2, 0.25) is 0 Å². The predicted molar refractivity (Wildman–Crippen MR) is 108 cm³/mol. The first-order valence-electron chi connectivity index (χ1n) is 9.22. The van der Waals surface area contributed by atoms with Crippen molar-refractivity contribution in [1.82, 2.24) is 19.6 Å². The van der Waals surface area contributed by atoms with Crippen molar-refractivity contribution in [3.63, 3.8) is 0 Å². The maximum absolute atomic E-state index is 12.4. The number of aryl methyl sites for hydroxylation is 2. The SMILES string of the molecule is COc1ccc(NC(=O)[C@H](C)OC(=O)Cc2c(C)nc3ncnn3c2C)cc1OC. The van der Waals surface area contributed by atoms with Crippen LogP contribution < -0.4 is 14.8 Å². The van der Waals surface area contributed by atoms with Crippen molar-refractivity contribution in [2.24, 2.45) is 0 Å². The van der Waals surface area contributed by atoms with Crippen LogP contribution in [-0.2, 0) is 20.7 Å². The number of ether oxygens (including phenoxy) is 3. The van der Waals surface area contributed by atoms with E-state index in [1.807, 2.05) is 6.92 Å². The molecule has 158 valence electrons. The Morgan fingerprint density at radius 2 is 1.90 bits per heavy atom. The van der Waals surface area contributed by atoms with E-state index in [0.717, 1.165) is 5.69 Å². The summed E-state index contributed by atoms with van der Waals surface area (Å²) in [6.45, 7) is 5.12. The fourth-order valence-electron chi connectivity index (χ4n) is 3.01. The molecule has 10 nitrogen and oxygen atoms in total. The zero-order valence-electron chi connectivity index (χ0n) is 17.4. The molecule has 10 heteroatoms. The van der Waals surface area contributed by atoms with E-state index in [4.69, 9.17) is 14.2 Å². The molecule has 0 fully saturated rings. The third-order valence-corrected chi connectivity index (χ3v) is 4.64. The van der Waals surface area contributed by atoms with E-state index >= 15 is 0 Å². The van der Waals surface area contributed by atoms with Gasteiger partial charge in [0, 0.05) is 28.7 Å². The third kappa shape index (κ3) is 4.32. The van der Waals surface area contributed by atoms with Gasteiger partial charge in [-0.3, -0.25) is 9.59 Å². The van der Waals surface area contributed by atoms with Gasteiger partial charge < -0.3 is 19.5 Å². The second-order valence-electron chi connectivity index (χ2n) is 6.60. The molecule has 30 heavy (non-hydrogen) atoms. The Kier molecular flexibility index (Phi) is 6.14. The molecule has 0 bridgehead atoms. The number of esters is 1. The largest absolute Gasteiger partial charge is 0.493 e. The number of fused-ring (bicyclic) bond motifs is 1. The fourth-order valence-corrected chi connectivity index (χ4v) is 3.01. The van der Waals surface area contributed by atoms with Crippen LogP contribution in [0.25, 0.3) is 5.78 Å². The number of anilines is 1. The molecule has 1 aromatic carbocycles. The van der Waals surface area contributed by atoms with Gasteiger partial charge in [0.1, 0.15) is 6.33 Å². The van der Waals surface area contributed by atoms with Crippen molar-refractivity contribution in [3.05, 3.63) is 41.5 Å². The van der Waals surface area contributed by atoms with Crippen LogP contribution in [-0.4, -0.2) is 51.8 Å². The average Bonchev–Trinajstić information content (AvgIpc) is 3.19. The van der Waals surface area contributed by atoms with Gasteiger partial charge in [-0.05, 0) is 32.9 Å². The van der Waals surface area contributed by atoms with Gasteiger partial charge in [-0.1, -0.05) is 0 Å². The number of carbonyl (C=O) groups excluding carboxylic acids is 2. The van der Waals surface area contributed by atoms with E-state index in [1.54, 1.807) is 29.6 Å². The Morgan fingerprint density at radius 1 is 1.17 bits per heavy atom. The Morgan fingerprint density at radius 3 is 2.60 bits per heavy atom. The smallest absolute Gasteiger partial charge is 0.311 e. The maximum Gasteiger partial charge on any atom is 0.311 e. The third-order valence-electron chi connectivity index (χ3n) is 4.64. The first-order valence-corrected chi connectivity index (χ1v) is 9.22. The second kappa shape index (κ2) is 8.76. The lowest BCUT2D eigenvalue weighted by molar-refractivity contribution is -0.152. The molecule has 3 aromatic rings. The van der Waals surface area contributed by atoms with Crippen LogP contribution in [0, 0.1) is 13.8 Å². The normalized spacial score (nSPS) is 11.8. The lowest BCUT2D eigenvalue weighted by Gasteiger charge is -2.16. The molecule has 0 spiro atoms. The number of benzene rings is 1. The van der Waals surface area contributed by atoms with Gasteiger partial charge >= 0.3 is 5.97 Å². The first-order chi connectivity index (χ1) is 14.3. The number of hydrogen-bond donors (Lipinski definition) is 1. The van der Waals surface area contributed by atoms with Crippen LogP contribution in [0.15, 0.2) is 24.5 Å². The molecule has 3 rings (SSSR count). The minimum Gasteiger partial charge on any atom is -0.493 e. The van der Waals surface area contributed by atoms with Crippen LogP contribution in [0.3, 0.4) is 0 Å². The molecular formula is C20H23N5O5. The van der Waals surface area contributed by atoms with Crippen molar-refractivity contribution >= 4 is 23.3 Å². The molecule has 1 amide bonds. The molecular weight excluding hydrogens is 390 g/mol. The Bertz CT molecular complexity index is 1090. The Balaban J connectivity index is 1.65. The minimum absolute atomic E-state index is 0.0333. The molecule has 1 atom stereocenters. The highest BCUT2D eigenvalue weighted by Gasteiger charge is 2.21. The lowest BCUT2D eigenvalue weighted by atomic mass is 10.1. The molecule has 0 aliphatic heterocycles. The van der Waals surface area contributed by atoms with Crippen LogP contribution >= 0.6 is 0 Å². The molecule has 0 aliphatic rings. The number of nitrogens with zero attached hydrogens (tertiary/aromatic N) is 4. The summed E-state index contributed by atoms with van der Waals surface area (Å²) >= 11 is 0. The number of methoxy groups -OCH3 is 2. The van der Waals surface area contributed by atoms with E-state index in [0.29, 0.717) is 34.2 Å². The summed E-state index contributed by atoms with van der Waals surface area (Å²) in [5, 5.41) is 6.79. The van der Waals surface area contributed by atoms with Gasteiger partial charge in [0.05, 0.1) is 20.6 Å². The van der Waals surface area contributed by atoms with E-state index in [-0.39, 0.29) is 6.42 Å². The molecule has 0 aliphatic carbocycles. The highest BCUT2D eigenvalue weighted by atomic mass is 16.5. The van der Waals surface area contributed by atoms with Gasteiger partial charge in [0.25, 0.3) is 11.7 Å². The van der Waals surface area contributed by atoms with Gasteiger partial charge in [-0.2, -0.15) is 10.1 Å². The van der Waals surface area contributed by atoms with Crippen molar-refractivity contribution in [1.29, 1.82) is 0 Å². The van der Waals surface area contributed by atoms with E-state index in [2.05, 4.69) is 20.4 Å². The van der Waals surface area contributed by atoms with E-state index in [9.17, 15) is 9.59 Å². The predicted octanol–water partition coefficient (Wildman–Crippen LogP) is 1.87. The molecule has 2 heterocycles. The van der Waals surface area contributed by atoms with Gasteiger partial charge in [0.15, 0.2) is 17.6 Å². The topological polar surface area (TPSA) is 117 Å². The van der Waals surface area contributed by atoms with Gasteiger partial charge in [-0.25, -0.2) is 9.50 Å². The number of carbonyl (C=O) groups is 2. The molecule has 0 saturated carbocycles. The Labute approximate surface area is 173 Å². The molecule has 1 N–H and O–H groups in total. The maximum atomic E-state index is 12.4. The standard InChI is InChI=1S/C20H23N5O5/c1-11-15(12(2)25-20(23-11)21-10-22-25)9-18(26)30-13(3)19(27)24-14-6-7-16(28-4)17(8-14)29-5/h6-8,10,13H,9H2,1-5H3,(H,24,27)/t13-/m0/s1. The minimum atomic E-state index is -0.991. The molecule has 2 aromatic heterocycles. The van der Waals surface area contributed by atoms with E-state index < -0.39 is 18.0 Å². The summed E-state index contributed by atoms with van der Waals surface area (Å²) in [5.74, 6) is 0.469. The number of aromatic nitrogens is 4. The summed E-state index contributed by atoms with van der Waals surface area (Å²) in [6, 6.07) is 4.96.